The maximum atomic E-state index is 12.3. The van der Waals surface area contributed by atoms with Crippen molar-refractivity contribution in [2.24, 2.45) is 11.3 Å². The maximum absolute atomic E-state index is 12.3. The molecule has 0 aromatic carbocycles. The topological polar surface area (TPSA) is 78.5 Å². The number of nitrogens with one attached hydrogen (secondary N) is 2. The molecule has 116 valence electrons. The Kier molecular flexibility index (Phi) is 3.51. The molecule has 1 spiro atoms. The van der Waals surface area contributed by atoms with Crippen molar-refractivity contribution in [2.45, 2.75) is 51.6 Å². The van der Waals surface area contributed by atoms with Gasteiger partial charge in [-0.15, -0.1) is 0 Å². The van der Waals surface area contributed by atoms with E-state index in [0.29, 0.717) is 0 Å². The monoisotopic (exact) mass is 293 g/mol. The number of likely N-dealkylation sites (tertiary alicyclic amines) is 1. The predicted octanol–water partition coefficient (Wildman–Crippen LogP) is 0.0282. The van der Waals surface area contributed by atoms with Crippen molar-refractivity contribution >= 4 is 17.7 Å². The van der Waals surface area contributed by atoms with Gasteiger partial charge in [0.15, 0.2) is 0 Å². The number of carbonyl (C=O) groups is 3. The molecule has 1 saturated carbocycles. The van der Waals surface area contributed by atoms with E-state index in [0.717, 1.165) is 32.4 Å². The molecule has 2 atom stereocenters. The SMILES string of the molecule is CC(C)N1C(=O)CC(NC(=O)C2CC23CCNCC3)C1=O. The molecule has 0 bridgehead atoms. The zero-order chi connectivity index (χ0) is 15.2. The van der Waals surface area contributed by atoms with Crippen molar-refractivity contribution in [2.75, 3.05) is 13.1 Å². The second-order valence-electron chi connectivity index (χ2n) is 6.83. The molecule has 1 aliphatic carbocycles. The zero-order valence-electron chi connectivity index (χ0n) is 12.6. The minimum Gasteiger partial charge on any atom is -0.344 e. The van der Waals surface area contributed by atoms with Gasteiger partial charge in [-0.2, -0.15) is 0 Å². The number of hydrogen-bond acceptors (Lipinski definition) is 4. The Morgan fingerprint density at radius 2 is 2.00 bits per heavy atom. The molecule has 2 N–H and O–H groups in total. The van der Waals surface area contributed by atoms with E-state index in [2.05, 4.69) is 10.6 Å². The maximum Gasteiger partial charge on any atom is 0.252 e. The lowest BCUT2D eigenvalue weighted by molar-refractivity contribution is -0.141. The summed E-state index contributed by atoms with van der Waals surface area (Å²) in [4.78, 5) is 37.6. The number of rotatable bonds is 3. The van der Waals surface area contributed by atoms with Crippen LogP contribution in [0.3, 0.4) is 0 Å². The molecule has 3 amide bonds. The lowest BCUT2D eigenvalue weighted by Gasteiger charge is -2.23. The van der Waals surface area contributed by atoms with Crippen LogP contribution < -0.4 is 10.6 Å². The predicted molar refractivity (Wildman–Crippen MR) is 76.2 cm³/mol. The zero-order valence-corrected chi connectivity index (χ0v) is 12.6. The normalized spacial score (nSPS) is 31.1. The van der Waals surface area contributed by atoms with Gasteiger partial charge in [-0.25, -0.2) is 0 Å². The van der Waals surface area contributed by atoms with Gasteiger partial charge in [-0.05, 0) is 51.6 Å². The van der Waals surface area contributed by atoms with Crippen LogP contribution in [0.25, 0.3) is 0 Å². The van der Waals surface area contributed by atoms with Crippen molar-refractivity contribution < 1.29 is 14.4 Å². The molecule has 6 nitrogen and oxygen atoms in total. The fourth-order valence-corrected chi connectivity index (χ4v) is 3.77. The van der Waals surface area contributed by atoms with Crippen LogP contribution in [-0.2, 0) is 14.4 Å². The van der Waals surface area contributed by atoms with Gasteiger partial charge in [-0.1, -0.05) is 0 Å². The first-order valence-corrected chi connectivity index (χ1v) is 7.82. The summed E-state index contributed by atoms with van der Waals surface area (Å²) in [6, 6.07) is -0.810. The number of amides is 3. The Bertz CT molecular complexity index is 483. The summed E-state index contributed by atoms with van der Waals surface area (Å²) in [6.07, 6.45) is 3.08. The molecule has 6 heteroatoms. The van der Waals surface area contributed by atoms with E-state index >= 15 is 0 Å². The number of imide groups is 1. The molecule has 0 aromatic rings. The van der Waals surface area contributed by atoms with Crippen molar-refractivity contribution in [1.29, 1.82) is 0 Å². The summed E-state index contributed by atoms with van der Waals surface area (Å²) in [5.41, 5.74) is 0.152. The first kappa shape index (κ1) is 14.5. The van der Waals surface area contributed by atoms with E-state index in [1.165, 1.54) is 4.90 Å². The highest BCUT2D eigenvalue weighted by Gasteiger charge is 2.58. The van der Waals surface area contributed by atoms with E-state index in [1.54, 1.807) is 0 Å². The van der Waals surface area contributed by atoms with E-state index in [9.17, 15) is 14.4 Å². The summed E-state index contributed by atoms with van der Waals surface area (Å²) in [6.45, 7) is 5.55. The molecule has 3 rings (SSSR count). The van der Waals surface area contributed by atoms with Crippen molar-refractivity contribution in [3.05, 3.63) is 0 Å². The first-order valence-electron chi connectivity index (χ1n) is 7.82. The van der Waals surface area contributed by atoms with Crippen LogP contribution in [0.15, 0.2) is 0 Å². The quantitative estimate of drug-likeness (QED) is 0.720. The fourth-order valence-electron chi connectivity index (χ4n) is 3.77. The van der Waals surface area contributed by atoms with Crippen LogP contribution in [0.1, 0.15) is 39.5 Å². The highest BCUT2D eigenvalue weighted by atomic mass is 16.2. The molecule has 21 heavy (non-hydrogen) atoms. The molecular weight excluding hydrogens is 270 g/mol. The van der Waals surface area contributed by atoms with Gasteiger partial charge in [0.05, 0.1) is 6.42 Å². The standard InChI is InChI=1S/C15H23N3O3/c1-9(2)18-12(19)7-11(14(18)21)17-13(20)10-8-15(10)3-5-16-6-4-15/h9-11,16H,3-8H2,1-2H3,(H,17,20). The van der Waals surface area contributed by atoms with Gasteiger partial charge in [0, 0.05) is 12.0 Å². The van der Waals surface area contributed by atoms with Gasteiger partial charge in [0.2, 0.25) is 11.8 Å². The summed E-state index contributed by atoms with van der Waals surface area (Å²) in [5, 5.41) is 6.11. The van der Waals surface area contributed by atoms with Gasteiger partial charge in [0.1, 0.15) is 6.04 Å². The van der Waals surface area contributed by atoms with Crippen LogP contribution in [0.4, 0.5) is 0 Å². The Hall–Kier alpha value is -1.43. The summed E-state index contributed by atoms with van der Waals surface area (Å²) in [5.74, 6) is -0.472. The largest absolute Gasteiger partial charge is 0.344 e. The summed E-state index contributed by atoms with van der Waals surface area (Å²) in [7, 11) is 0. The molecule has 3 aliphatic rings. The van der Waals surface area contributed by atoms with Crippen molar-refractivity contribution in [3.63, 3.8) is 0 Å². The Labute approximate surface area is 124 Å². The molecule has 0 radical (unpaired) electrons. The highest BCUT2D eigenvalue weighted by molar-refractivity contribution is 6.07. The van der Waals surface area contributed by atoms with Crippen LogP contribution in [0.5, 0.6) is 0 Å². The minimum atomic E-state index is -0.660. The lowest BCUT2D eigenvalue weighted by atomic mass is 9.91. The molecular formula is C15H23N3O3. The van der Waals surface area contributed by atoms with Crippen LogP contribution in [0, 0.1) is 11.3 Å². The lowest BCUT2D eigenvalue weighted by Crippen LogP contribution is -2.45. The van der Waals surface area contributed by atoms with Gasteiger partial charge in [0.25, 0.3) is 5.91 Å². The fraction of sp³-hybridized carbons (Fsp3) is 0.800. The third kappa shape index (κ3) is 2.46. The average molecular weight is 293 g/mol. The molecule has 3 fully saturated rings. The summed E-state index contributed by atoms with van der Waals surface area (Å²) < 4.78 is 0. The Balaban J connectivity index is 1.59. The third-order valence-electron chi connectivity index (χ3n) is 5.12. The number of hydrogen-bond donors (Lipinski definition) is 2. The average Bonchev–Trinajstić information content (AvgIpc) is 3.03. The Morgan fingerprint density at radius 3 is 2.57 bits per heavy atom. The van der Waals surface area contributed by atoms with E-state index in [1.807, 2.05) is 13.8 Å². The van der Waals surface area contributed by atoms with Crippen LogP contribution in [0.2, 0.25) is 0 Å². The number of carbonyl (C=O) groups excluding carboxylic acids is 3. The summed E-state index contributed by atoms with van der Waals surface area (Å²) >= 11 is 0. The molecule has 2 heterocycles. The van der Waals surface area contributed by atoms with Gasteiger partial charge in [-0.3, -0.25) is 19.3 Å². The van der Waals surface area contributed by atoms with E-state index in [-0.39, 0.29) is 41.5 Å². The third-order valence-corrected chi connectivity index (χ3v) is 5.12. The Morgan fingerprint density at radius 1 is 1.33 bits per heavy atom. The van der Waals surface area contributed by atoms with Crippen molar-refractivity contribution in [1.82, 2.24) is 15.5 Å². The number of piperidine rings is 1. The second kappa shape index (κ2) is 5.09. The van der Waals surface area contributed by atoms with Crippen LogP contribution >= 0.6 is 0 Å². The van der Waals surface area contributed by atoms with E-state index < -0.39 is 6.04 Å². The molecule has 0 aromatic heterocycles. The van der Waals surface area contributed by atoms with Gasteiger partial charge < -0.3 is 10.6 Å². The van der Waals surface area contributed by atoms with Crippen molar-refractivity contribution in [3.8, 4) is 0 Å². The van der Waals surface area contributed by atoms with Crippen LogP contribution in [-0.4, -0.2) is 47.8 Å². The highest BCUT2D eigenvalue weighted by Crippen LogP contribution is 2.58. The van der Waals surface area contributed by atoms with E-state index in [4.69, 9.17) is 0 Å². The minimum absolute atomic E-state index is 0.0237. The molecule has 2 saturated heterocycles. The smallest absolute Gasteiger partial charge is 0.252 e. The number of nitrogens with zero attached hydrogens (tertiary/aromatic N) is 1. The van der Waals surface area contributed by atoms with Gasteiger partial charge >= 0.3 is 0 Å². The first-order chi connectivity index (χ1) is 9.94. The second-order valence-corrected chi connectivity index (χ2v) is 6.83. The molecule has 2 unspecified atom stereocenters. The molecule has 2 aliphatic heterocycles.